The summed E-state index contributed by atoms with van der Waals surface area (Å²) in [6, 6.07) is 0. The summed E-state index contributed by atoms with van der Waals surface area (Å²) >= 11 is 0. The highest BCUT2D eigenvalue weighted by Crippen LogP contribution is 2.03. The zero-order chi connectivity index (χ0) is 13.1. The molecule has 17 heavy (non-hydrogen) atoms. The minimum Gasteiger partial charge on any atom is -0.309 e. The Morgan fingerprint density at radius 1 is 1.06 bits per heavy atom. The second kappa shape index (κ2) is 9.23. The number of quaternary nitrogens is 1. The Morgan fingerprint density at radius 2 is 1.65 bits per heavy atom. The van der Waals surface area contributed by atoms with Crippen LogP contribution in [0.25, 0.3) is 0 Å². The Kier molecular flexibility index (Phi) is 8.78. The summed E-state index contributed by atoms with van der Waals surface area (Å²) in [4.78, 5) is 11.6. The van der Waals surface area contributed by atoms with Crippen molar-refractivity contribution >= 4 is 5.91 Å². The monoisotopic (exact) mass is 241 g/mol. The summed E-state index contributed by atoms with van der Waals surface area (Å²) in [5, 5.41) is 3.04. The van der Waals surface area contributed by atoms with Gasteiger partial charge in [-0.05, 0) is 27.2 Å². The van der Waals surface area contributed by atoms with Crippen LogP contribution in [-0.2, 0) is 4.79 Å². The van der Waals surface area contributed by atoms with Gasteiger partial charge in [0.05, 0.1) is 19.6 Å². The molecule has 3 heteroatoms. The van der Waals surface area contributed by atoms with Gasteiger partial charge in [0.2, 0.25) is 5.91 Å². The predicted octanol–water partition coefficient (Wildman–Crippen LogP) is 2.68. The zero-order valence-electron chi connectivity index (χ0n) is 12.0. The van der Waals surface area contributed by atoms with E-state index in [1.165, 1.54) is 0 Å². The van der Waals surface area contributed by atoms with Crippen molar-refractivity contribution in [2.45, 2.75) is 47.0 Å². The van der Waals surface area contributed by atoms with E-state index in [2.05, 4.69) is 39.1 Å². The topological polar surface area (TPSA) is 29.1 Å². The lowest BCUT2D eigenvalue weighted by atomic mass is 10.3. The molecule has 0 aliphatic heterocycles. The van der Waals surface area contributed by atoms with Gasteiger partial charge in [-0.2, -0.15) is 0 Å². The van der Waals surface area contributed by atoms with E-state index in [9.17, 15) is 4.79 Å². The molecule has 0 saturated heterocycles. The van der Waals surface area contributed by atoms with Crippen LogP contribution in [0.3, 0.4) is 0 Å². The Labute approximate surface area is 106 Å². The number of nitrogens with zero attached hydrogens (tertiary/aromatic N) is 1. The van der Waals surface area contributed by atoms with Crippen LogP contribution in [0.1, 0.15) is 47.0 Å². The number of carbonyl (C=O) groups excluding carboxylic acids is 1. The van der Waals surface area contributed by atoms with Crippen LogP contribution in [0, 0.1) is 0 Å². The van der Waals surface area contributed by atoms with E-state index < -0.39 is 0 Å². The van der Waals surface area contributed by atoms with Gasteiger partial charge in [-0.15, -0.1) is 0 Å². The largest absolute Gasteiger partial charge is 0.309 e. The molecule has 0 aromatic carbocycles. The Hall–Kier alpha value is -0.830. The van der Waals surface area contributed by atoms with Crippen molar-refractivity contribution < 1.29 is 9.28 Å². The molecule has 3 nitrogen and oxygen atoms in total. The maximum Gasteiger partial charge on any atom is 0.228 e. The molecule has 1 N–H and O–H groups in total. The number of nitrogens with one attached hydrogen (secondary N) is 1. The normalized spacial score (nSPS) is 12.0. The highest BCUT2D eigenvalue weighted by atomic mass is 16.1. The molecule has 0 atom stereocenters. The molecule has 0 bridgehead atoms. The summed E-state index contributed by atoms with van der Waals surface area (Å²) in [7, 11) is 0. The first-order chi connectivity index (χ1) is 8.14. The highest BCUT2D eigenvalue weighted by molar-refractivity contribution is 5.77. The van der Waals surface area contributed by atoms with Crippen LogP contribution >= 0.6 is 0 Å². The fourth-order valence-electron chi connectivity index (χ4n) is 1.81. The molecule has 0 fully saturated rings. The van der Waals surface area contributed by atoms with E-state index >= 15 is 0 Å². The lowest BCUT2D eigenvalue weighted by Crippen LogP contribution is -2.53. The van der Waals surface area contributed by atoms with Crippen molar-refractivity contribution in [2.75, 3.05) is 26.3 Å². The molecule has 0 unspecified atom stereocenters. The Bertz CT molecular complexity index is 224. The van der Waals surface area contributed by atoms with Gasteiger partial charge in [-0.1, -0.05) is 25.5 Å². The van der Waals surface area contributed by atoms with Crippen LogP contribution < -0.4 is 5.32 Å². The predicted molar refractivity (Wildman–Crippen MR) is 73.6 cm³/mol. The van der Waals surface area contributed by atoms with E-state index in [0.29, 0.717) is 6.42 Å². The molecular formula is C14H29N2O+. The third kappa shape index (κ3) is 6.47. The van der Waals surface area contributed by atoms with Crippen molar-refractivity contribution in [2.24, 2.45) is 0 Å². The van der Waals surface area contributed by atoms with Crippen molar-refractivity contribution in [3.8, 4) is 0 Å². The standard InChI is InChI=1S/C14H28N2O/c1-5-9-10-11-12-14(17)15-13-16(6-2,7-3)8-4/h10-11H,5-9,12-13H2,1-4H3/p+1/b11-10+. The summed E-state index contributed by atoms with van der Waals surface area (Å²) < 4.78 is 0.963. The van der Waals surface area contributed by atoms with E-state index in [4.69, 9.17) is 0 Å². The van der Waals surface area contributed by atoms with Crippen LogP contribution in [0.15, 0.2) is 12.2 Å². The zero-order valence-corrected chi connectivity index (χ0v) is 12.0. The second-order valence-electron chi connectivity index (χ2n) is 4.51. The van der Waals surface area contributed by atoms with E-state index in [-0.39, 0.29) is 5.91 Å². The Morgan fingerprint density at radius 3 is 2.12 bits per heavy atom. The summed E-state index contributed by atoms with van der Waals surface area (Å²) in [6.07, 6.45) is 6.77. The van der Waals surface area contributed by atoms with Gasteiger partial charge in [0, 0.05) is 6.42 Å². The van der Waals surface area contributed by atoms with Gasteiger partial charge in [0.1, 0.15) is 0 Å². The molecule has 0 aromatic heterocycles. The van der Waals surface area contributed by atoms with Gasteiger partial charge < -0.3 is 9.80 Å². The van der Waals surface area contributed by atoms with Gasteiger partial charge >= 0.3 is 0 Å². The highest BCUT2D eigenvalue weighted by Gasteiger charge is 2.20. The number of unbranched alkanes of at least 4 members (excludes halogenated alkanes) is 1. The quantitative estimate of drug-likeness (QED) is 0.375. The number of allylic oxidation sites excluding steroid dienone is 1. The van der Waals surface area contributed by atoms with Gasteiger partial charge in [-0.3, -0.25) is 4.79 Å². The molecule has 0 saturated carbocycles. The summed E-state index contributed by atoms with van der Waals surface area (Å²) in [5.41, 5.74) is 0. The maximum atomic E-state index is 11.6. The number of amides is 1. The minimum absolute atomic E-state index is 0.134. The first kappa shape index (κ1) is 16.2. The van der Waals surface area contributed by atoms with Crippen LogP contribution in [0.4, 0.5) is 0 Å². The molecule has 1 amide bonds. The summed E-state index contributed by atoms with van der Waals surface area (Å²) in [6.45, 7) is 12.6. The fraction of sp³-hybridized carbons (Fsp3) is 0.786. The second-order valence-corrected chi connectivity index (χ2v) is 4.51. The molecule has 0 aromatic rings. The Balaban J connectivity index is 3.96. The molecule has 100 valence electrons. The number of hydrogen-bond donors (Lipinski definition) is 1. The van der Waals surface area contributed by atoms with E-state index in [0.717, 1.165) is 43.6 Å². The maximum absolute atomic E-state index is 11.6. The summed E-state index contributed by atoms with van der Waals surface area (Å²) in [5.74, 6) is 0.134. The minimum atomic E-state index is 0.134. The smallest absolute Gasteiger partial charge is 0.228 e. The van der Waals surface area contributed by atoms with Crippen molar-refractivity contribution in [3.05, 3.63) is 12.2 Å². The molecule has 0 aliphatic rings. The van der Waals surface area contributed by atoms with Gasteiger partial charge in [-0.25, -0.2) is 0 Å². The van der Waals surface area contributed by atoms with Crippen LogP contribution in [0.2, 0.25) is 0 Å². The molecular weight excluding hydrogens is 212 g/mol. The first-order valence-corrected chi connectivity index (χ1v) is 6.90. The third-order valence-electron chi connectivity index (χ3n) is 3.55. The first-order valence-electron chi connectivity index (χ1n) is 6.90. The number of carbonyl (C=O) groups is 1. The van der Waals surface area contributed by atoms with E-state index in [1.54, 1.807) is 0 Å². The SMILES string of the molecule is CCC/C=C/CC(=O)NC[N+](CC)(CC)CC. The van der Waals surface area contributed by atoms with E-state index in [1.807, 2.05) is 6.08 Å². The fourth-order valence-corrected chi connectivity index (χ4v) is 1.81. The molecule has 0 radical (unpaired) electrons. The van der Waals surface area contributed by atoms with Crippen LogP contribution in [-0.4, -0.2) is 36.7 Å². The van der Waals surface area contributed by atoms with Crippen molar-refractivity contribution in [1.29, 1.82) is 0 Å². The average molecular weight is 241 g/mol. The average Bonchev–Trinajstić information content (AvgIpc) is 2.37. The third-order valence-corrected chi connectivity index (χ3v) is 3.55. The molecule has 0 rings (SSSR count). The van der Waals surface area contributed by atoms with Crippen molar-refractivity contribution in [1.82, 2.24) is 5.32 Å². The van der Waals surface area contributed by atoms with Gasteiger partial charge in [0.15, 0.2) is 6.67 Å². The van der Waals surface area contributed by atoms with Crippen molar-refractivity contribution in [3.63, 3.8) is 0 Å². The van der Waals surface area contributed by atoms with Gasteiger partial charge in [0.25, 0.3) is 0 Å². The number of rotatable bonds is 9. The molecule has 0 heterocycles. The van der Waals surface area contributed by atoms with Crippen LogP contribution in [0.5, 0.6) is 0 Å². The number of hydrogen-bond acceptors (Lipinski definition) is 1. The molecule has 0 spiro atoms. The lowest BCUT2D eigenvalue weighted by molar-refractivity contribution is -0.924. The molecule has 0 aliphatic carbocycles. The lowest BCUT2D eigenvalue weighted by Gasteiger charge is -2.35.